The molecule has 6 nitrogen and oxygen atoms in total. The van der Waals surface area contributed by atoms with Crippen LogP contribution < -0.4 is 10.7 Å². The van der Waals surface area contributed by atoms with Crippen molar-refractivity contribution in [2.45, 2.75) is 20.3 Å². The van der Waals surface area contributed by atoms with Crippen molar-refractivity contribution in [3.05, 3.63) is 62.1 Å². The van der Waals surface area contributed by atoms with Gasteiger partial charge in [0, 0.05) is 16.9 Å². The average molecular weight is 462 g/mol. The number of amides is 2. The number of thiophene rings is 2. The van der Waals surface area contributed by atoms with Gasteiger partial charge in [-0.25, -0.2) is 5.43 Å². The zero-order valence-electron chi connectivity index (χ0n) is 16.4. The Kier molecular flexibility index (Phi) is 7.25. The summed E-state index contributed by atoms with van der Waals surface area (Å²) in [5.41, 5.74) is 4.33. The normalized spacial score (nSPS) is 11.4. The van der Waals surface area contributed by atoms with Crippen LogP contribution in [-0.2, 0) is 0 Å². The van der Waals surface area contributed by atoms with Crippen LogP contribution in [0, 0.1) is 0 Å². The van der Waals surface area contributed by atoms with Crippen molar-refractivity contribution in [3.8, 4) is 16.2 Å². The molecule has 0 aliphatic rings. The van der Waals surface area contributed by atoms with Crippen molar-refractivity contribution >= 4 is 51.8 Å². The van der Waals surface area contributed by atoms with E-state index in [4.69, 9.17) is 11.6 Å². The first-order valence-corrected chi connectivity index (χ1v) is 11.3. The predicted octanol–water partition coefficient (Wildman–Crippen LogP) is 5.13. The lowest BCUT2D eigenvalue weighted by molar-refractivity contribution is 0.0951. The third-order valence-corrected chi connectivity index (χ3v) is 6.53. The molecule has 0 radical (unpaired) electrons. The molecule has 0 aliphatic carbocycles. The summed E-state index contributed by atoms with van der Waals surface area (Å²) < 4.78 is 0. The summed E-state index contributed by atoms with van der Waals surface area (Å²) >= 11 is 8.40. The number of carbonyl (C=O) groups excluding carboxylic acids is 2. The zero-order chi connectivity index (χ0) is 21.7. The Bertz CT molecular complexity index is 1090. The number of hydrogen-bond donors (Lipinski definition) is 3. The second-order valence-electron chi connectivity index (χ2n) is 6.39. The smallest absolute Gasteiger partial charge is 0.281 e. The highest BCUT2D eigenvalue weighted by atomic mass is 35.5. The molecule has 30 heavy (non-hydrogen) atoms. The van der Waals surface area contributed by atoms with E-state index in [1.807, 2.05) is 19.1 Å². The molecule has 3 aromatic rings. The van der Waals surface area contributed by atoms with Crippen LogP contribution in [0.3, 0.4) is 0 Å². The van der Waals surface area contributed by atoms with Gasteiger partial charge in [-0.1, -0.05) is 30.7 Å². The Hall–Kier alpha value is -2.68. The highest BCUT2D eigenvalue weighted by molar-refractivity contribution is 7.16. The van der Waals surface area contributed by atoms with E-state index in [1.54, 1.807) is 36.6 Å². The third-order valence-electron chi connectivity index (χ3n) is 4.18. The number of benzene rings is 1. The van der Waals surface area contributed by atoms with Crippen LogP contribution in [0.15, 0.2) is 46.9 Å². The lowest BCUT2D eigenvalue weighted by atomic mass is 10.1. The van der Waals surface area contributed by atoms with Crippen LogP contribution in [0.4, 0.5) is 0 Å². The van der Waals surface area contributed by atoms with Gasteiger partial charge in [-0.05, 0) is 43.2 Å². The number of hydrazone groups is 1. The third kappa shape index (κ3) is 5.08. The van der Waals surface area contributed by atoms with Gasteiger partial charge in [0.1, 0.15) is 5.75 Å². The van der Waals surface area contributed by atoms with E-state index in [2.05, 4.69) is 15.8 Å². The molecule has 0 spiro atoms. The Morgan fingerprint density at radius 3 is 2.43 bits per heavy atom. The van der Waals surface area contributed by atoms with Gasteiger partial charge >= 0.3 is 0 Å². The van der Waals surface area contributed by atoms with E-state index in [0.717, 1.165) is 23.3 Å². The summed E-state index contributed by atoms with van der Waals surface area (Å²) in [6.07, 6.45) is 0.841. The molecule has 0 atom stereocenters. The largest absolute Gasteiger partial charge is 0.506 e. The van der Waals surface area contributed by atoms with E-state index in [9.17, 15) is 14.7 Å². The number of halogens is 1. The summed E-state index contributed by atoms with van der Waals surface area (Å²) in [5, 5.41) is 19.9. The molecular weight excluding hydrogens is 442 g/mol. The van der Waals surface area contributed by atoms with Gasteiger partial charge in [0.25, 0.3) is 11.8 Å². The molecule has 2 aromatic heterocycles. The van der Waals surface area contributed by atoms with Gasteiger partial charge < -0.3 is 10.4 Å². The average Bonchev–Trinajstić information content (AvgIpc) is 3.38. The van der Waals surface area contributed by atoms with Crippen LogP contribution in [0.5, 0.6) is 5.75 Å². The minimum absolute atomic E-state index is 0.101. The molecule has 0 saturated carbocycles. The van der Waals surface area contributed by atoms with Crippen molar-refractivity contribution in [3.63, 3.8) is 0 Å². The minimum Gasteiger partial charge on any atom is -0.506 e. The Balaban J connectivity index is 1.69. The molecule has 3 rings (SSSR count). The molecule has 3 N–H and O–H groups in total. The van der Waals surface area contributed by atoms with Gasteiger partial charge in [0.15, 0.2) is 0 Å². The maximum Gasteiger partial charge on any atom is 0.281 e. The first kappa shape index (κ1) is 22.0. The van der Waals surface area contributed by atoms with E-state index in [1.165, 1.54) is 11.3 Å². The summed E-state index contributed by atoms with van der Waals surface area (Å²) in [6.45, 7) is 4.26. The molecule has 2 heterocycles. The van der Waals surface area contributed by atoms with Gasteiger partial charge in [0.05, 0.1) is 25.9 Å². The Labute approximate surface area is 187 Å². The highest BCUT2D eigenvalue weighted by Gasteiger charge is 2.16. The fourth-order valence-corrected chi connectivity index (χ4v) is 4.52. The minimum atomic E-state index is -0.415. The second-order valence-corrected chi connectivity index (χ2v) is 8.79. The van der Waals surface area contributed by atoms with Crippen molar-refractivity contribution in [2.75, 3.05) is 6.54 Å². The van der Waals surface area contributed by atoms with Crippen LogP contribution in [0.2, 0.25) is 5.02 Å². The Morgan fingerprint density at radius 1 is 1.10 bits per heavy atom. The molecule has 1 aromatic carbocycles. The number of aromatic hydroxyl groups is 1. The number of carbonyl (C=O) groups is 2. The number of nitrogens with one attached hydrogen (secondary N) is 2. The molecule has 0 fully saturated rings. The standard InChI is InChI=1S/C21H20ClN3O3S2/c1-3-10-23-20(27)16-8-9-17(30-16)21(28)25-24-12(2)15-11-29-19(18(15)26)13-4-6-14(22)7-5-13/h4-9,11,26H,3,10H2,1-2H3,(H,23,27)(H,25,28). The van der Waals surface area contributed by atoms with Crippen LogP contribution in [-0.4, -0.2) is 29.2 Å². The van der Waals surface area contributed by atoms with Gasteiger partial charge in [-0.2, -0.15) is 5.10 Å². The summed E-state index contributed by atoms with van der Waals surface area (Å²) in [7, 11) is 0. The molecule has 0 unspecified atom stereocenters. The number of hydrogen-bond acceptors (Lipinski definition) is 6. The number of rotatable bonds is 7. The van der Waals surface area contributed by atoms with Gasteiger partial charge in [-0.15, -0.1) is 22.7 Å². The van der Waals surface area contributed by atoms with E-state index in [0.29, 0.717) is 37.5 Å². The fraction of sp³-hybridized carbons (Fsp3) is 0.190. The lowest BCUT2D eigenvalue weighted by Gasteiger charge is -2.03. The van der Waals surface area contributed by atoms with E-state index in [-0.39, 0.29) is 11.7 Å². The van der Waals surface area contributed by atoms with Crippen LogP contribution in [0.25, 0.3) is 10.4 Å². The van der Waals surface area contributed by atoms with Crippen molar-refractivity contribution in [2.24, 2.45) is 5.10 Å². The molecule has 156 valence electrons. The first-order chi connectivity index (χ1) is 14.4. The maximum absolute atomic E-state index is 12.4. The summed E-state index contributed by atoms with van der Waals surface area (Å²) in [5.74, 6) is -0.510. The molecule has 0 bridgehead atoms. The lowest BCUT2D eigenvalue weighted by Crippen LogP contribution is -2.23. The second kappa shape index (κ2) is 9.88. The predicted molar refractivity (Wildman–Crippen MR) is 123 cm³/mol. The number of nitrogens with zero attached hydrogens (tertiary/aromatic N) is 1. The van der Waals surface area contributed by atoms with E-state index < -0.39 is 5.91 Å². The maximum atomic E-state index is 12.4. The molecule has 9 heteroatoms. The molecule has 2 amide bonds. The van der Waals surface area contributed by atoms with Crippen molar-refractivity contribution in [1.29, 1.82) is 0 Å². The molecule has 0 aliphatic heterocycles. The topological polar surface area (TPSA) is 90.8 Å². The monoisotopic (exact) mass is 461 g/mol. The van der Waals surface area contributed by atoms with Crippen molar-refractivity contribution in [1.82, 2.24) is 10.7 Å². The summed E-state index contributed by atoms with van der Waals surface area (Å²) in [4.78, 5) is 25.9. The molecular formula is C21H20ClN3O3S2. The van der Waals surface area contributed by atoms with E-state index >= 15 is 0 Å². The quantitative estimate of drug-likeness (QED) is 0.336. The zero-order valence-corrected chi connectivity index (χ0v) is 18.7. The first-order valence-electron chi connectivity index (χ1n) is 9.20. The van der Waals surface area contributed by atoms with Crippen molar-refractivity contribution < 1.29 is 14.7 Å². The van der Waals surface area contributed by atoms with Crippen LogP contribution >= 0.6 is 34.3 Å². The Morgan fingerprint density at radius 2 is 1.77 bits per heavy atom. The highest BCUT2D eigenvalue weighted by Crippen LogP contribution is 2.39. The summed E-state index contributed by atoms with van der Waals surface area (Å²) in [6, 6.07) is 10.4. The van der Waals surface area contributed by atoms with Crippen LogP contribution in [0.1, 0.15) is 45.2 Å². The SMILES string of the molecule is CCCNC(=O)c1ccc(C(=O)NN=C(C)c2csc(-c3ccc(Cl)cc3)c2O)s1. The van der Waals surface area contributed by atoms with Gasteiger partial charge in [0.2, 0.25) is 0 Å². The van der Waals surface area contributed by atoms with Gasteiger partial charge in [-0.3, -0.25) is 9.59 Å². The molecule has 0 saturated heterocycles. The fourth-order valence-electron chi connectivity index (χ4n) is 2.57.